The van der Waals surface area contributed by atoms with Gasteiger partial charge in [-0.15, -0.1) is 11.8 Å². The third-order valence-corrected chi connectivity index (χ3v) is 12.6. The van der Waals surface area contributed by atoms with Crippen molar-refractivity contribution in [2.45, 2.75) is 35.6 Å². The Kier molecular flexibility index (Phi) is 7.02. The van der Waals surface area contributed by atoms with Gasteiger partial charge in [-0.3, -0.25) is 24.1 Å². The van der Waals surface area contributed by atoms with Gasteiger partial charge in [0.25, 0.3) is 5.91 Å². The molecular weight excluding hydrogens is 650 g/mol. The van der Waals surface area contributed by atoms with E-state index in [1.165, 1.54) is 6.92 Å². The largest absolute Gasteiger partial charge is 0.483 e. The van der Waals surface area contributed by atoms with Crippen LogP contribution >= 0.6 is 39.0 Å². The summed E-state index contributed by atoms with van der Waals surface area (Å²) in [7, 11) is 0. The molecule has 1 aromatic carbocycles. The van der Waals surface area contributed by atoms with E-state index in [0.29, 0.717) is 38.5 Å². The zero-order valence-corrected chi connectivity index (χ0v) is 25.7. The van der Waals surface area contributed by atoms with Gasteiger partial charge in [-0.25, -0.2) is 4.79 Å². The number of thioether (sulfide) groups is 1. The highest BCUT2D eigenvalue weighted by atomic mass is 79.9. The quantitative estimate of drug-likeness (QED) is 0.440. The molecule has 5 aliphatic rings. The fourth-order valence-corrected chi connectivity index (χ4v) is 11.1. The van der Waals surface area contributed by atoms with Crippen LogP contribution in [0.4, 0.5) is 0 Å². The zero-order valence-electron chi connectivity index (χ0n) is 22.5. The number of aromatic amines is 1. The van der Waals surface area contributed by atoms with Crippen LogP contribution in [0.3, 0.4) is 0 Å². The number of nitrogens with one attached hydrogen (secondary N) is 1. The molecule has 14 heteroatoms. The van der Waals surface area contributed by atoms with E-state index in [0.717, 1.165) is 36.2 Å². The minimum Gasteiger partial charge on any atom is -0.483 e. The first-order valence-corrected chi connectivity index (χ1v) is 16.4. The number of morpholine rings is 1. The number of likely N-dealkylation sites (tertiary alicyclic amines) is 1. The number of carboxylic acids is 1. The summed E-state index contributed by atoms with van der Waals surface area (Å²) < 4.78 is 12.3. The number of carbonyl (C=O) groups is 4. The summed E-state index contributed by atoms with van der Waals surface area (Å²) in [6.45, 7) is 3.22. The van der Waals surface area contributed by atoms with Gasteiger partial charge in [-0.2, -0.15) is 0 Å². The number of imide groups is 1. The lowest BCUT2D eigenvalue weighted by atomic mass is 9.68. The molecule has 4 heterocycles. The van der Waals surface area contributed by atoms with Crippen molar-refractivity contribution >= 4 is 62.7 Å². The number of hydrogen-bond acceptors (Lipinski definition) is 9. The van der Waals surface area contributed by atoms with Gasteiger partial charge in [0, 0.05) is 39.2 Å². The number of benzene rings is 1. The summed E-state index contributed by atoms with van der Waals surface area (Å²) in [4.78, 5) is 70.8. The Bertz CT molecular complexity index is 1550. The Morgan fingerprint density at radius 2 is 1.88 bits per heavy atom. The van der Waals surface area contributed by atoms with Crippen molar-refractivity contribution in [1.29, 1.82) is 0 Å². The van der Waals surface area contributed by atoms with Gasteiger partial charge in [0.05, 0.1) is 30.1 Å². The van der Waals surface area contributed by atoms with Crippen LogP contribution in [0, 0.1) is 29.6 Å². The van der Waals surface area contributed by atoms with Gasteiger partial charge >= 0.3 is 10.8 Å². The summed E-state index contributed by atoms with van der Waals surface area (Å²) >= 11 is 6.28. The zero-order chi connectivity index (χ0) is 29.4. The van der Waals surface area contributed by atoms with E-state index in [9.17, 15) is 29.1 Å². The Hall–Kier alpha value is -2.68. The van der Waals surface area contributed by atoms with Crippen molar-refractivity contribution in [3.63, 3.8) is 0 Å². The predicted octanol–water partition coefficient (Wildman–Crippen LogP) is 2.38. The topological polar surface area (TPSA) is 146 Å². The van der Waals surface area contributed by atoms with Crippen molar-refractivity contribution in [2.24, 2.45) is 29.6 Å². The first-order chi connectivity index (χ1) is 20.2. The number of hydrogen-bond donors (Lipinski definition) is 2. The number of nitrogens with zero attached hydrogens (tertiary/aromatic N) is 2. The first-order valence-electron chi connectivity index (χ1n) is 13.9. The fourth-order valence-electron chi connectivity index (χ4n) is 7.82. The third kappa shape index (κ3) is 4.27. The van der Waals surface area contributed by atoms with E-state index < -0.39 is 35.7 Å². The molecule has 2 saturated carbocycles. The molecule has 42 heavy (non-hydrogen) atoms. The second kappa shape index (κ2) is 10.5. The summed E-state index contributed by atoms with van der Waals surface area (Å²) in [5.74, 6) is -3.50. The molecule has 3 aliphatic heterocycles. The molecule has 222 valence electrons. The average molecular weight is 679 g/mol. The molecule has 7 unspecified atom stereocenters. The van der Waals surface area contributed by atoms with E-state index in [4.69, 9.17) is 9.47 Å². The number of halogens is 1. The van der Waals surface area contributed by atoms with Crippen LogP contribution in [0.25, 0.3) is 0 Å². The van der Waals surface area contributed by atoms with Crippen molar-refractivity contribution < 1.29 is 33.8 Å². The molecule has 0 radical (unpaired) electrons. The molecule has 2 saturated heterocycles. The molecule has 3 amide bonds. The number of carbonyl (C=O) groups excluding carboxylic acids is 3. The van der Waals surface area contributed by atoms with E-state index in [1.54, 1.807) is 16.7 Å². The van der Waals surface area contributed by atoms with Gasteiger partial charge < -0.3 is 24.5 Å². The van der Waals surface area contributed by atoms with Crippen LogP contribution in [0.15, 0.2) is 32.5 Å². The standard InChI is InChI=1S/C28H28BrN3O8S2/c1-11(27(36)37)32-25(34)20-14-9-15(21(20)26(32)35)22-19(14)18(23-24(41-22)30-28(38)42-23)13-8-12(29)2-3-16(13)40-10-17(33)31-4-6-39-7-5-31/h2-3,8,11,14-15,18-22H,4-7,9-10H2,1H3,(H,30,38)(H,36,37)/t11?,14?,15?,18-,19?,20?,21?,22?/m1/s1. The Labute approximate surface area is 257 Å². The number of ether oxygens (including phenoxy) is 2. The predicted molar refractivity (Wildman–Crippen MR) is 154 cm³/mol. The highest BCUT2D eigenvalue weighted by Crippen LogP contribution is 2.69. The number of thiazole rings is 1. The molecule has 0 spiro atoms. The number of rotatable bonds is 6. The molecule has 2 N–H and O–H groups in total. The van der Waals surface area contributed by atoms with E-state index in [1.807, 2.05) is 18.2 Å². The van der Waals surface area contributed by atoms with Crippen LogP contribution < -0.4 is 9.61 Å². The monoisotopic (exact) mass is 677 g/mol. The number of amides is 3. The Morgan fingerprint density at radius 3 is 2.60 bits per heavy atom. The molecule has 7 rings (SSSR count). The fraction of sp³-hybridized carbons (Fsp3) is 0.536. The van der Waals surface area contributed by atoms with Crippen LogP contribution in [0.5, 0.6) is 5.75 Å². The molecule has 2 aliphatic carbocycles. The number of carboxylic acid groups (broad SMARTS) is 1. The van der Waals surface area contributed by atoms with Gasteiger partial charge in [-0.1, -0.05) is 27.3 Å². The number of fused-ring (bicyclic) bond motifs is 9. The highest BCUT2D eigenvalue weighted by Gasteiger charge is 2.70. The van der Waals surface area contributed by atoms with Crippen molar-refractivity contribution in [1.82, 2.24) is 14.8 Å². The molecule has 2 bridgehead atoms. The number of H-pyrrole nitrogens is 1. The maximum atomic E-state index is 13.6. The molecule has 11 nitrogen and oxygen atoms in total. The van der Waals surface area contributed by atoms with E-state index in [2.05, 4.69) is 20.9 Å². The van der Waals surface area contributed by atoms with Crippen molar-refractivity contribution in [3.8, 4) is 5.75 Å². The van der Waals surface area contributed by atoms with Crippen LogP contribution in [0.2, 0.25) is 0 Å². The highest BCUT2D eigenvalue weighted by molar-refractivity contribution is 9.10. The van der Waals surface area contributed by atoms with Gasteiger partial charge in [0.15, 0.2) is 6.61 Å². The summed E-state index contributed by atoms with van der Waals surface area (Å²) in [5.41, 5.74) is 0.808. The minimum absolute atomic E-state index is 0.0577. The lowest BCUT2D eigenvalue weighted by Gasteiger charge is -2.43. The normalized spacial score (nSPS) is 32.0. The minimum atomic E-state index is -1.23. The van der Waals surface area contributed by atoms with E-state index in [-0.39, 0.29) is 46.3 Å². The smallest absolute Gasteiger partial charge is 0.326 e. The lowest BCUT2D eigenvalue weighted by Crippen LogP contribution is -2.44. The van der Waals surface area contributed by atoms with Crippen LogP contribution in [0.1, 0.15) is 29.7 Å². The summed E-state index contributed by atoms with van der Waals surface area (Å²) in [6.07, 6.45) is 0.680. The number of aliphatic carboxylic acids is 1. The maximum absolute atomic E-state index is 13.6. The van der Waals surface area contributed by atoms with Crippen molar-refractivity contribution in [3.05, 3.63) is 42.8 Å². The average Bonchev–Trinajstić information content (AvgIpc) is 3.71. The third-order valence-electron chi connectivity index (χ3n) is 9.52. The Morgan fingerprint density at radius 1 is 1.17 bits per heavy atom. The number of aromatic nitrogens is 1. The molecule has 1 aromatic heterocycles. The molecule has 2 aromatic rings. The SMILES string of the molecule is CC(C(=O)O)N1C(=O)C2C3CC(C2C1=O)C1C3Sc2[nH]c(=O)sc2[C@@H]1c1cc(Br)ccc1OCC(=O)N1CCOCC1. The first kappa shape index (κ1) is 28.1. The van der Waals surface area contributed by atoms with E-state index >= 15 is 0 Å². The van der Waals surface area contributed by atoms with Gasteiger partial charge in [-0.05, 0) is 49.3 Å². The van der Waals surface area contributed by atoms with Gasteiger partial charge in [0.2, 0.25) is 11.8 Å². The maximum Gasteiger partial charge on any atom is 0.326 e. The van der Waals surface area contributed by atoms with Crippen molar-refractivity contribution in [2.75, 3.05) is 32.9 Å². The molecular formula is C28H28BrN3O8S2. The second-order valence-corrected chi connectivity index (χ2v) is 14.6. The second-order valence-electron chi connectivity index (χ2n) is 11.5. The van der Waals surface area contributed by atoms with Crippen LogP contribution in [-0.4, -0.2) is 87.8 Å². The molecule has 8 atom stereocenters. The summed E-state index contributed by atoms with van der Waals surface area (Å²) in [6, 6.07) is 4.38. The van der Waals surface area contributed by atoms with Crippen LogP contribution in [-0.2, 0) is 23.9 Å². The Balaban J connectivity index is 1.26. The summed E-state index contributed by atoms with van der Waals surface area (Å²) in [5, 5.41) is 10.3. The molecule has 4 fully saturated rings. The van der Waals surface area contributed by atoms with Gasteiger partial charge in [0.1, 0.15) is 11.8 Å². The lowest BCUT2D eigenvalue weighted by molar-refractivity contribution is -0.154.